The first-order chi connectivity index (χ1) is 9.51. The van der Waals surface area contributed by atoms with Crippen molar-refractivity contribution in [1.29, 1.82) is 0 Å². The highest BCUT2D eigenvalue weighted by atomic mass is 16.1. The topological polar surface area (TPSA) is 34.0 Å². The minimum atomic E-state index is 0.0521. The van der Waals surface area contributed by atoms with E-state index in [1.807, 2.05) is 26.0 Å². The molecule has 1 aromatic carbocycles. The molecule has 0 saturated carbocycles. The smallest absolute Gasteiger partial charge is 0.227 e. The van der Waals surface area contributed by atoms with E-state index in [2.05, 4.69) is 42.1 Å². The Labute approximate surface area is 121 Å². The van der Waals surface area contributed by atoms with Gasteiger partial charge in [0, 0.05) is 35.2 Å². The molecule has 1 aromatic heterocycles. The van der Waals surface area contributed by atoms with Gasteiger partial charge in [0.15, 0.2) is 0 Å². The zero-order valence-corrected chi connectivity index (χ0v) is 12.8. The fourth-order valence-corrected chi connectivity index (χ4v) is 2.28. The van der Waals surface area contributed by atoms with Crippen molar-refractivity contribution in [3.63, 3.8) is 0 Å². The summed E-state index contributed by atoms with van der Waals surface area (Å²) in [4.78, 5) is 11.9. The molecule has 1 N–H and O–H groups in total. The molecule has 0 aliphatic heterocycles. The van der Waals surface area contributed by atoms with Gasteiger partial charge in [-0.05, 0) is 36.6 Å². The van der Waals surface area contributed by atoms with Crippen LogP contribution in [0.5, 0.6) is 0 Å². The van der Waals surface area contributed by atoms with Gasteiger partial charge < -0.3 is 9.88 Å². The number of nitrogens with one attached hydrogen (secondary N) is 1. The SMILES string of the molecule is CCC(C)C(=O)Nc1ccc2c(ccn2CC(C)C)c1. The Balaban J connectivity index is 2.20. The molecule has 0 spiro atoms. The molecular weight excluding hydrogens is 248 g/mol. The normalized spacial score (nSPS) is 12.8. The van der Waals surface area contributed by atoms with Gasteiger partial charge in [-0.15, -0.1) is 0 Å². The number of hydrogen-bond acceptors (Lipinski definition) is 1. The quantitative estimate of drug-likeness (QED) is 0.866. The molecule has 0 saturated heterocycles. The van der Waals surface area contributed by atoms with Gasteiger partial charge in [-0.1, -0.05) is 27.7 Å². The highest BCUT2D eigenvalue weighted by Crippen LogP contribution is 2.22. The van der Waals surface area contributed by atoms with E-state index in [1.165, 1.54) is 10.9 Å². The van der Waals surface area contributed by atoms with Crippen molar-refractivity contribution in [3.05, 3.63) is 30.5 Å². The van der Waals surface area contributed by atoms with Gasteiger partial charge in [-0.3, -0.25) is 4.79 Å². The molecule has 1 amide bonds. The molecule has 0 aliphatic rings. The molecule has 0 fully saturated rings. The molecule has 0 bridgehead atoms. The summed E-state index contributed by atoms with van der Waals surface area (Å²) < 4.78 is 2.26. The molecule has 1 atom stereocenters. The average Bonchev–Trinajstić information content (AvgIpc) is 2.79. The number of aromatic nitrogens is 1. The maximum Gasteiger partial charge on any atom is 0.227 e. The lowest BCUT2D eigenvalue weighted by Crippen LogP contribution is -2.19. The Morgan fingerprint density at radius 3 is 2.65 bits per heavy atom. The first kappa shape index (κ1) is 14.6. The number of nitrogens with zero attached hydrogens (tertiary/aromatic N) is 1. The van der Waals surface area contributed by atoms with Crippen LogP contribution in [0, 0.1) is 11.8 Å². The van der Waals surface area contributed by atoms with E-state index < -0.39 is 0 Å². The summed E-state index contributed by atoms with van der Waals surface area (Å²) in [6.45, 7) is 9.42. The molecular formula is C17H24N2O. The van der Waals surface area contributed by atoms with Crippen molar-refractivity contribution in [2.24, 2.45) is 11.8 Å². The van der Waals surface area contributed by atoms with E-state index in [4.69, 9.17) is 0 Å². The predicted octanol–water partition coefficient (Wildman–Crippen LogP) is 4.28. The number of carbonyl (C=O) groups excluding carboxylic acids is 1. The van der Waals surface area contributed by atoms with E-state index >= 15 is 0 Å². The summed E-state index contributed by atoms with van der Waals surface area (Å²) in [6, 6.07) is 8.23. The molecule has 3 heteroatoms. The molecule has 2 rings (SSSR count). The van der Waals surface area contributed by atoms with Gasteiger partial charge in [0.2, 0.25) is 5.91 Å². The minimum Gasteiger partial charge on any atom is -0.347 e. The van der Waals surface area contributed by atoms with Crippen LogP contribution in [0.4, 0.5) is 5.69 Å². The molecule has 20 heavy (non-hydrogen) atoms. The van der Waals surface area contributed by atoms with Gasteiger partial charge in [-0.2, -0.15) is 0 Å². The monoisotopic (exact) mass is 272 g/mol. The number of rotatable bonds is 5. The number of anilines is 1. The molecule has 2 aromatic rings. The number of amides is 1. The lowest BCUT2D eigenvalue weighted by atomic mass is 10.1. The predicted molar refractivity (Wildman–Crippen MR) is 84.9 cm³/mol. The Hall–Kier alpha value is -1.77. The van der Waals surface area contributed by atoms with Crippen LogP contribution in [0.25, 0.3) is 10.9 Å². The molecule has 108 valence electrons. The second-order valence-electron chi connectivity index (χ2n) is 5.93. The van der Waals surface area contributed by atoms with E-state index in [-0.39, 0.29) is 11.8 Å². The fraction of sp³-hybridized carbons (Fsp3) is 0.471. The highest BCUT2D eigenvalue weighted by Gasteiger charge is 2.11. The van der Waals surface area contributed by atoms with Crippen LogP contribution in [0.3, 0.4) is 0 Å². The summed E-state index contributed by atoms with van der Waals surface area (Å²) >= 11 is 0. The maximum atomic E-state index is 11.9. The molecule has 3 nitrogen and oxygen atoms in total. The summed E-state index contributed by atoms with van der Waals surface area (Å²) in [5.41, 5.74) is 2.10. The first-order valence-electron chi connectivity index (χ1n) is 7.41. The van der Waals surface area contributed by atoms with Crippen molar-refractivity contribution >= 4 is 22.5 Å². The summed E-state index contributed by atoms with van der Waals surface area (Å²) in [6.07, 6.45) is 2.98. The largest absolute Gasteiger partial charge is 0.347 e. The van der Waals surface area contributed by atoms with Crippen molar-refractivity contribution in [2.45, 2.75) is 40.7 Å². The van der Waals surface area contributed by atoms with E-state index in [0.717, 1.165) is 18.7 Å². The minimum absolute atomic E-state index is 0.0521. The van der Waals surface area contributed by atoms with Gasteiger partial charge >= 0.3 is 0 Å². The number of hydrogen-bond donors (Lipinski definition) is 1. The lowest BCUT2D eigenvalue weighted by molar-refractivity contribution is -0.119. The maximum absolute atomic E-state index is 11.9. The Morgan fingerprint density at radius 1 is 1.25 bits per heavy atom. The first-order valence-corrected chi connectivity index (χ1v) is 7.41. The second kappa shape index (κ2) is 6.12. The van der Waals surface area contributed by atoms with Crippen LogP contribution in [0.1, 0.15) is 34.1 Å². The van der Waals surface area contributed by atoms with Crippen molar-refractivity contribution in [3.8, 4) is 0 Å². The van der Waals surface area contributed by atoms with Gasteiger partial charge in [0.05, 0.1) is 0 Å². The van der Waals surface area contributed by atoms with Gasteiger partial charge in [0.25, 0.3) is 0 Å². The number of fused-ring (bicyclic) bond motifs is 1. The highest BCUT2D eigenvalue weighted by molar-refractivity contribution is 5.95. The van der Waals surface area contributed by atoms with Crippen molar-refractivity contribution in [1.82, 2.24) is 4.57 Å². The van der Waals surface area contributed by atoms with Crippen molar-refractivity contribution in [2.75, 3.05) is 5.32 Å². The molecule has 1 unspecified atom stereocenters. The standard InChI is InChI=1S/C17H24N2O/c1-5-13(4)17(20)18-15-6-7-16-14(10-15)8-9-19(16)11-12(2)3/h6-10,12-13H,5,11H2,1-4H3,(H,18,20). The van der Waals surface area contributed by atoms with E-state index in [0.29, 0.717) is 5.92 Å². The van der Waals surface area contributed by atoms with Crippen LogP contribution < -0.4 is 5.32 Å². The zero-order chi connectivity index (χ0) is 14.7. The van der Waals surface area contributed by atoms with Crippen LogP contribution in [0.2, 0.25) is 0 Å². The summed E-state index contributed by atoms with van der Waals surface area (Å²) in [5.74, 6) is 0.764. The molecule has 0 aliphatic carbocycles. The van der Waals surface area contributed by atoms with E-state index in [1.54, 1.807) is 0 Å². The third-order valence-electron chi connectivity index (χ3n) is 3.66. The number of benzene rings is 1. The van der Waals surface area contributed by atoms with Crippen LogP contribution >= 0.6 is 0 Å². The number of carbonyl (C=O) groups is 1. The third-order valence-corrected chi connectivity index (χ3v) is 3.66. The Bertz CT molecular complexity index is 598. The third kappa shape index (κ3) is 3.21. The molecule has 0 radical (unpaired) electrons. The van der Waals surface area contributed by atoms with Crippen LogP contribution in [0.15, 0.2) is 30.5 Å². The van der Waals surface area contributed by atoms with Gasteiger partial charge in [0.1, 0.15) is 0 Å². The van der Waals surface area contributed by atoms with Crippen molar-refractivity contribution < 1.29 is 4.79 Å². The second-order valence-corrected chi connectivity index (χ2v) is 5.93. The Morgan fingerprint density at radius 2 is 2.00 bits per heavy atom. The summed E-state index contributed by atoms with van der Waals surface area (Å²) in [5, 5.41) is 4.16. The lowest BCUT2D eigenvalue weighted by Gasteiger charge is -2.11. The van der Waals surface area contributed by atoms with Crippen LogP contribution in [-0.4, -0.2) is 10.5 Å². The fourth-order valence-electron chi connectivity index (χ4n) is 2.28. The summed E-state index contributed by atoms with van der Waals surface area (Å²) in [7, 11) is 0. The Kier molecular flexibility index (Phi) is 4.48. The van der Waals surface area contributed by atoms with Gasteiger partial charge in [-0.25, -0.2) is 0 Å². The van der Waals surface area contributed by atoms with E-state index in [9.17, 15) is 4.79 Å². The molecule has 1 heterocycles. The van der Waals surface area contributed by atoms with Crippen LogP contribution in [-0.2, 0) is 11.3 Å². The average molecular weight is 272 g/mol. The zero-order valence-electron chi connectivity index (χ0n) is 12.8.